The molecule has 5 nitrogen and oxygen atoms in total. The van der Waals surface area contributed by atoms with Gasteiger partial charge < -0.3 is 4.90 Å². The van der Waals surface area contributed by atoms with Gasteiger partial charge in [0, 0.05) is 49.7 Å². The summed E-state index contributed by atoms with van der Waals surface area (Å²) in [7, 11) is -3.53. The highest BCUT2D eigenvalue weighted by Crippen LogP contribution is 2.15. The molecule has 0 saturated carbocycles. The van der Waals surface area contributed by atoms with E-state index in [0.29, 0.717) is 5.02 Å². The molecular weight excluding hydrogens is 406 g/mol. The minimum Gasteiger partial charge on any atom is -0.301 e. The third kappa shape index (κ3) is 6.94. The fraction of sp³-hybridized carbons (Fsp3) is 0.364. The molecule has 3 rings (SSSR count). The molecule has 0 spiro atoms. The fourth-order valence-electron chi connectivity index (χ4n) is 3.36. The van der Waals surface area contributed by atoms with E-state index in [0.717, 1.165) is 50.4 Å². The van der Waals surface area contributed by atoms with Crippen LogP contribution in [0.25, 0.3) is 6.08 Å². The zero-order chi connectivity index (χ0) is 20.7. The molecule has 156 valence electrons. The number of nitrogens with zero attached hydrogens (tertiary/aromatic N) is 2. The molecule has 2 aromatic rings. The van der Waals surface area contributed by atoms with Crippen molar-refractivity contribution >= 4 is 27.7 Å². The van der Waals surface area contributed by atoms with Crippen LogP contribution in [0.2, 0.25) is 5.02 Å². The molecule has 1 aliphatic heterocycles. The molecule has 7 heteroatoms. The molecule has 1 heterocycles. The van der Waals surface area contributed by atoms with E-state index in [9.17, 15) is 8.42 Å². The van der Waals surface area contributed by atoms with Crippen LogP contribution in [0.5, 0.6) is 0 Å². The third-order valence-electron chi connectivity index (χ3n) is 5.20. The van der Waals surface area contributed by atoms with Crippen molar-refractivity contribution in [3.8, 4) is 0 Å². The van der Waals surface area contributed by atoms with E-state index < -0.39 is 10.0 Å². The summed E-state index contributed by atoms with van der Waals surface area (Å²) in [4.78, 5) is 4.88. The number of nitrogens with one attached hydrogen (secondary N) is 1. The lowest BCUT2D eigenvalue weighted by atomic mass is 10.1. The van der Waals surface area contributed by atoms with Crippen LogP contribution in [0.3, 0.4) is 0 Å². The molecule has 0 aliphatic carbocycles. The first-order valence-electron chi connectivity index (χ1n) is 9.90. The third-order valence-corrected chi connectivity index (χ3v) is 6.49. The number of hydrogen-bond acceptors (Lipinski definition) is 4. The number of sulfonamides is 1. The highest BCUT2D eigenvalue weighted by molar-refractivity contribution is 7.92. The van der Waals surface area contributed by atoms with Crippen LogP contribution in [0.1, 0.15) is 23.6 Å². The predicted molar refractivity (Wildman–Crippen MR) is 120 cm³/mol. The largest absolute Gasteiger partial charge is 0.301 e. The molecular formula is C22H28ClN3O2S. The summed E-state index contributed by atoms with van der Waals surface area (Å²) in [5.41, 5.74) is 2.96. The van der Waals surface area contributed by atoms with Gasteiger partial charge in [-0.15, -0.1) is 0 Å². The van der Waals surface area contributed by atoms with Crippen molar-refractivity contribution in [1.29, 1.82) is 0 Å². The first-order chi connectivity index (χ1) is 13.9. The van der Waals surface area contributed by atoms with Crippen molar-refractivity contribution in [3.05, 3.63) is 75.7 Å². The second kappa shape index (κ2) is 10.4. The Morgan fingerprint density at radius 3 is 2.24 bits per heavy atom. The van der Waals surface area contributed by atoms with Crippen LogP contribution in [-0.2, 0) is 23.1 Å². The summed E-state index contributed by atoms with van der Waals surface area (Å²) in [5.74, 6) is 0. The minimum atomic E-state index is -3.53. The average molecular weight is 434 g/mol. The van der Waals surface area contributed by atoms with Crippen molar-refractivity contribution < 1.29 is 8.42 Å². The Morgan fingerprint density at radius 2 is 1.59 bits per heavy atom. The van der Waals surface area contributed by atoms with Crippen LogP contribution < -0.4 is 4.72 Å². The minimum absolute atomic E-state index is 0.276. The molecule has 2 aromatic carbocycles. The van der Waals surface area contributed by atoms with Gasteiger partial charge in [0.25, 0.3) is 0 Å². The van der Waals surface area contributed by atoms with Crippen molar-refractivity contribution in [1.82, 2.24) is 14.5 Å². The summed E-state index contributed by atoms with van der Waals surface area (Å²) in [6, 6.07) is 15.1. The van der Waals surface area contributed by atoms with Gasteiger partial charge >= 0.3 is 0 Å². The lowest BCUT2D eigenvalue weighted by molar-refractivity contribution is 0.131. The van der Waals surface area contributed by atoms with Crippen LogP contribution >= 0.6 is 11.6 Å². The van der Waals surface area contributed by atoms with E-state index in [1.165, 1.54) is 11.0 Å². The van der Waals surface area contributed by atoms with Gasteiger partial charge in [0.05, 0.1) is 0 Å². The number of hydrogen-bond donors (Lipinski definition) is 1. The van der Waals surface area contributed by atoms with E-state index >= 15 is 0 Å². The first-order valence-corrected chi connectivity index (χ1v) is 11.8. The zero-order valence-electron chi connectivity index (χ0n) is 16.7. The summed E-state index contributed by atoms with van der Waals surface area (Å²) in [5, 5.41) is 1.82. The molecule has 0 unspecified atom stereocenters. The smallest absolute Gasteiger partial charge is 0.234 e. The number of rotatable bonds is 8. The van der Waals surface area contributed by atoms with E-state index in [4.69, 9.17) is 11.6 Å². The van der Waals surface area contributed by atoms with Crippen LogP contribution in [0, 0.1) is 0 Å². The van der Waals surface area contributed by atoms with Crippen molar-refractivity contribution in [2.75, 3.05) is 32.7 Å². The molecule has 0 atom stereocenters. The Morgan fingerprint density at radius 1 is 0.966 bits per heavy atom. The molecule has 0 amide bonds. The van der Waals surface area contributed by atoms with Gasteiger partial charge in [-0.1, -0.05) is 54.9 Å². The molecule has 29 heavy (non-hydrogen) atoms. The van der Waals surface area contributed by atoms with Crippen LogP contribution in [-0.4, -0.2) is 50.9 Å². The Kier molecular flexibility index (Phi) is 7.86. The van der Waals surface area contributed by atoms with E-state index in [-0.39, 0.29) is 6.54 Å². The molecule has 0 radical (unpaired) electrons. The fourth-order valence-corrected chi connectivity index (χ4v) is 4.27. The molecule has 1 fully saturated rings. The zero-order valence-corrected chi connectivity index (χ0v) is 18.3. The summed E-state index contributed by atoms with van der Waals surface area (Å²) >= 11 is 5.86. The number of likely N-dealkylation sites (N-methyl/N-ethyl adjacent to an activating group) is 1. The van der Waals surface area contributed by atoms with Gasteiger partial charge in [0.15, 0.2) is 0 Å². The Bertz CT molecular complexity index is 921. The summed E-state index contributed by atoms with van der Waals surface area (Å²) < 4.78 is 27.4. The molecule has 0 bridgehead atoms. The maximum atomic E-state index is 12.4. The van der Waals surface area contributed by atoms with Gasteiger partial charge in [-0.25, -0.2) is 13.1 Å². The predicted octanol–water partition coefficient (Wildman–Crippen LogP) is 3.57. The van der Waals surface area contributed by atoms with Gasteiger partial charge in [-0.05, 0) is 41.4 Å². The van der Waals surface area contributed by atoms with Gasteiger partial charge in [0.1, 0.15) is 0 Å². The van der Waals surface area contributed by atoms with Gasteiger partial charge in [-0.2, -0.15) is 0 Å². The summed E-state index contributed by atoms with van der Waals surface area (Å²) in [6.07, 6.45) is 1.57. The SMILES string of the molecule is CCN1CCN(Cc2ccccc2CNS(=O)(=O)/C=C/c2ccc(Cl)cc2)CC1. The number of piperazine rings is 1. The molecule has 0 aromatic heterocycles. The van der Waals surface area contributed by atoms with Crippen molar-refractivity contribution in [2.24, 2.45) is 0 Å². The average Bonchev–Trinajstić information content (AvgIpc) is 2.73. The standard InChI is InChI=1S/C22H28ClN3O2S/c1-2-25-12-14-26(15-13-25)18-21-6-4-3-5-20(21)17-24-29(27,28)16-11-19-7-9-22(23)10-8-19/h3-11,16,24H,2,12-15,17-18H2,1H3/b16-11+. The van der Waals surface area contributed by atoms with E-state index in [2.05, 4.69) is 27.5 Å². The number of halogens is 1. The Labute approximate surface area is 179 Å². The van der Waals surface area contributed by atoms with Crippen molar-refractivity contribution in [2.45, 2.75) is 20.0 Å². The van der Waals surface area contributed by atoms with Crippen LogP contribution in [0.15, 0.2) is 53.9 Å². The number of benzene rings is 2. The Balaban J connectivity index is 1.59. The van der Waals surface area contributed by atoms with Gasteiger partial charge in [0.2, 0.25) is 10.0 Å². The highest BCUT2D eigenvalue weighted by Gasteiger charge is 2.17. The second-order valence-corrected chi connectivity index (χ2v) is 9.29. The van der Waals surface area contributed by atoms with Crippen LogP contribution in [0.4, 0.5) is 0 Å². The molecule has 1 aliphatic rings. The maximum absolute atomic E-state index is 12.4. The van der Waals surface area contributed by atoms with E-state index in [1.54, 1.807) is 30.3 Å². The highest BCUT2D eigenvalue weighted by atomic mass is 35.5. The quantitative estimate of drug-likeness (QED) is 0.691. The monoisotopic (exact) mass is 433 g/mol. The lowest BCUT2D eigenvalue weighted by Crippen LogP contribution is -2.45. The first kappa shape index (κ1) is 22.0. The normalized spacial score (nSPS) is 16.5. The Hall–Kier alpha value is -1.70. The lowest BCUT2D eigenvalue weighted by Gasteiger charge is -2.34. The summed E-state index contributed by atoms with van der Waals surface area (Å²) in [6.45, 7) is 8.65. The second-order valence-electron chi connectivity index (χ2n) is 7.20. The topological polar surface area (TPSA) is 52.6 Å². The molecule has 1 N–H and O–H groups in total. The van der Waals surface area contributed by atoms with Crippen molar-refractivity contribution in [3.63, 3.8) is 0 Å². The van der Waals surface area contributed by atoms with Gasteiger partial charge in [-0.3, -0.25) is 4.90 Å². The van der Waals surface area contributed by atoms with E-state index in [1.807, 2.05) is 18.2 Å². The molecule has 1 saturated heterocycles. The maximum Gasteiger partial charge on any atom is 0.234 e.